The second-order valence-corrected chi connectivity index (χ2v) is 2.45. The third kappa shape index (κ3) is 2.06. The molecule has 0 spiro atoms. The molecule has 1 aliphatic rings. The van der Waals surface area contributed by atoms with Gasteiger partial charge in [-0.3, -0.25) is 0 Å². The van der Waals surface area contributed by atoms with Crippen molar-refractivity contribution < 1.29 is 4.74 Å². The summed E-state index contributed by atoms with van der Waals surface area (Å²) in [6.07, 6.45) is 9.67. The fraction of sp³-hybridized carbons (Fsp3) is 0.400. The number of nitrogens with one attached hydrogen (secondary N) is 1. The van der Waals surface area contributed by atoms with Crippen LogP contribution in [0.4, 0.5) is 0 Å². The molecule has 0 aromatic carbocycles. The molecule has 1 saturated heterocycles. The SMILES string of the molecule is C#CC/C=C1/OCCN/C1=C/C. The Kier molecular flexibility index (Phi) is 3.28. The fourth-order valence-electron chi connectivity index (χ4n) is 1.08. The van der Waals surface area contributed by atoms with E-state index in [9.17, 15) is 0 Å². The van der Waals surface area contributed by atoms with Gasteiger partial charge < -0.3 is 10.1 Å². The van der Waals surface area contributed by atoms with Gasteiger partial charge in [0.1, 0.15) is 12.4 Å². The monoisotopic (exact) mass is 163 g/mol. The third-order valence-electron chi connectivity index (χ3n) is 1.63. The van der Waals surface area contributed by atoms with E-state index in [1.807, 2.05) is 19.1 Å². The number of ether oxygens (including phenoxy) is 1. The predicted octanol–water partition coefficient (Wildman–Crippen LogP) is 1.42. The molecule has 0 atom stereocenters. The second kappa shape index (κ2) is 4.50. The summed E-state index contributed by atoms with van der Waals surface area (Å²) in [5.74, 6) is 3.42. The summed E-state index contributed by atoms with van der Waals surface area (Å²) in [7, 11) is 0. The zero-order valence-electron chi connectivity index (χ0n) is 7.26. The molecule has 1 aliphatic heterocycles. The number of morpholine rings is 1. The topological polar surface area (TPSA) is 21.3 Å². The summed E-state index contributed by atoms with van der Waals surface area (Å²) in [5, 5.41) is 3.23. The number of rotatable bonds is 1. The van der Waals surface area contributed by atoms with Gasteiger partial charge in [0.25, 0.3) is 0 Å². The lowest BCUT2D eigenvalue weighted by Gasteiger charge is -2.21. The van der Waals surface area contributed by atoms with E-state index in [-0.39, 0.29) is 0 Å². The first-order valence-corrected chi connectivity index (χ1v) is 4.05. The average molecular weight is 163 g/mol. The number of hydrogen-bond acceptors (Lipinski definition) is 2. The van der Waals surface area contributed by atoms with Gasteiger partial charge in [0.2, 0.25) is 0 Å². The highest BCUT2D eigenvalue weighted by molar-refractivity contribution is 5.26. The van der Waals surface area contributed by atoms with E-state index in [2.05, 4.69) is 11.2 Å². The minimum atomic E-state index is 0.619. The first kappa shape index (κ1) is 8.73. The molecular formula is C10H13NO. The molecule has 1 heterocycles. The minimum absolute atomic E-state index is 0.619. The normalized spacial score (nSPS) is 23.0. The van der Waals surface area contributed by atoms with Crippen LogP contribution in [0.2, 0.25) is 0 Å². The van der Waals surface area contributed by atoms with Gasteiger partial charge in [-0.05, 0) is 13.0 Å². The van der Waals surface area contributed by atoms with Gasteiger partial charge in [0.05, 0.1) is 5.70 Å². The summed E-state index contributed by atoms with van der Waals surface area (Å²) in [4.78, 5) is 0. The predicted molar refractivity (Wildman–Crippen MR) is 49.2 cm³/mol. The van der Waals surface area contributed by atoms with Crippen molar-refractivity contribution in [2.75, 3.05) is 13.2 Å². The summed E-state index contributed by atoms with van der Waals surface area (Å²) >= 11 is 0. The van der Waals surface area contributed by atoms with Crippen LogP contribution in [-0.4, -0.2) is 13.2 Å². The van der Waals surface area contributed by atoms with E-state index >= 15 is 0 Å². The van der Waals surface area contributed by atoms with E-state index in [1.54, 1.807) is 0 Å². The Bertz CT molecular complexity index is 245. The molecule has 0 amide bonds. The summed E-state index contributed by atoms with van der Waals surface area (Å²) in [6.45, 7) is 3.56. The molecule has 0 saturated carbocycles. The van der Waals surface area contributed by atoms with Crippen molar-refractivity contribution in [2.24, 2.45) is 0 Å². The molecule has 0 radical (unpaired) electrons. The first-order valence-electron chi connectivity index (χ1n) is 4.05. The van der Waals surface area contributed by atoms with Crippen molar-refractivity contribution in [3.8, 4) is 12.3 Å². The van der Waals surface area contributed by atoms with Crippen LogP contribution in [0.15, 0.2) is 23.6 Å². The van der Waals surface area contributed by atoms with E-state index in [0.29, 0.717) is 13.0 Å². The minimum Gasteiger partial charge on any atom is -0.490 e. The van der Waals surface area contributed by atoms with Crippen LogP contribution in [-0.2, 0) is 4.74 Å². The molecule has 0 aromatic heterocycles. The van der Waals surface area contributed by atoms with E-state index in [1.165, 1.54) is 0 Å². The van der Waals surface area contributed by atoms with Crippen molar-refractivity contribution in [1.82, 2.24) is 5.32 Å². The molecule has 64 valence electrons. The highest BCUT2D eigenvalue weighted by atomic mass is 16.5. The van der Waals surface area contributed by atoms with E-state index in [4.69, 9.17) is 11.2 Å². The van der Waals surface area contributed by atoms with Crippen molar-refractivity contribution in [2.45, 2.75) is 13.3 Å². The molecule has 0 aliphatic carbocycles. The number of hydrogen-bond donors (Lipinski definition) is 1. The standard InChI is InChI=1S/C10H13NO/c1-3-5-6-10-9(4-2)11-7-8-12-10/h1,4,6,11H,5,7-8H2,2H3/b9-4+,10-6+. The molecule has 2 heteroatoms. The maximum Gasteiger partial charge on any atom is 0.139 e. The second-order valence-electron chi connectivity index (χ2n) is 2.45. The van der Waals surface area contributed by atoms with Gasteiger partial charge in [0, 0.05) is 13.0 Å². The van der Waals surface area contributed by atoms with Crippen LogP contribution in [0.1, 0.15) is 13.3 Å². The third-order valence-corrected chi connectivity index (χ3v) is 1.63. The largest absolute Gasteiger partial charge is 0.490 e. The van der Waals surface area contributed by atoms with Gasteiger partial charge >= 0.3 is 0 Å². The number of allylic oxidation sites excluding steroid dienone is 2. The molecule has 1 rings (SSSR count). The summed E-state index contributed by atoms with van der Waals surface area (Å²) in [5.41, 5.74) is 1.04. The van der Waals surface area contributed by atoms with Crippen LogP contribution in [0.25, 0.3) is 0 Å². The van der Waals surface area contributed by atoms with E-state index in [0.717, 1.165) is 18.0 Å². The molecular weight excluding hydrogens is 150 g/mol. The van der Waals surface area contributed by atoms with Gasteiger partial charge in [-0.2, -0.15) is 0 Å². The van der Waals surface area contributed by atoms with Crippen LogP contribution in [0.3, 0.4) is 0 Å². The van der Waals surface area contributed by atoms with Crippen LogP contribution in [0.5, 0.6) is 0 Å². The van der Waals surface area contributed by atoms with Gasteiger partial charge in [-0.1, -0.05) is 6.08 Å². The van der Waals surface area contributed by atoms with Gasteiger partial charge in [0.15, 0.2) is 0 Å². The van der Waals surface area contributed by atoms with Crippen LogP contribution in [0, 0.1) is 12.3 Å². The molecule has 12 heavy (non-hydrogen) atoms. The lowest BCUT2D eigenvalue weighted by Crippen LogP contribution is -2.27. The molecule has 0 aromatic rings. The fourth-order valence-corrected chi connectivity index (χ4v) is 1.08. The summed E-state index contributed by atoms with van der Waals surface area (Å²) < 4.78 is 5.42. The quantitative estimate of drug-likeness (QED) is 0.590. The Morgan fingerprint density at radius 3 is 3.25 bits per heavy atom. The lowest BCUT2D eigenvalue weighted by atomic mass is 10.2. The molecule has 0 unspecified atom stereocenters. The Balaban J connectivity index is 2.66. The summed E-state index contributed by atoms with van der Waals surface area (Å²) in [6, 6.07) is 0. The van der Waals surface area contributed by atoms with Crippen molar-refractivity contribution in [3.63, 3.8) is 0 Å². The zero-order valence-corrected chi connectivity index (χ0v) is 7.26. The maximum atomic E-state index is 5.42. The highest BCUT2D eigenvalue weighted by Crippen LogP contribution is 2.12. The molecule has 2 nitrogen and oxygen atoms in total. The first-order chi connectivity index (χ1) is 5.88. The Morgan fingerprint density at radius 1 is 1.75 bits per heavy atom. The molecule has 1 fully saturated rings. The smallest absolute Gasteiger partial charge is 0.139 e. The van der Waals surface area contributed by atoms with Crippen molar-refractivity contribution >= 4 is 0 Å². The van der Waals surface area contributed by atoms with Crippen LogP contribution >= 0.6 is 0 Å². The average Bonchev–Trinajstić information content (AvgIpc) is 2.15. The zero-order chi connectivity index (χ0) is 8.81. The Hall–Kier alpha value is -1.36. The maximum absolute atomic E-state index is 5.42. The Morgan fingerprint density at radius 2 is 2.58 bits per heavy atom. The Labute approximate surface area is 73.3 Å². The van der Waals surface area contributed by atoms with Crippen molar-refractivity contribution in [1.29, 1.82) is 0 Å². The van der Waals surface area contributed by atoms with Crippen LogP contribution < -0.4 is 5.32 Å². The molecule has 1 N–H and O–H groups in total. The highest BCUT2D eigenvalue weighted by Gasteiger charge is 2.09. The van der Waals surface area contributed by atoms with E-state index < -0.39 is 0 Å². The van der Waals surface area contributed by atoms with Gasteiger partial charge in [-0.15, -0.1) is 12.3 Å². The number of terminal acetylenes is 1. The van der Waals surface area contributed by atoms with Gasteiger partial charge in [-0.25, -0.2) is 0 Å². The molecule has 0 bridgehead atoms. The lowest BCUT2D eigenvalue weighted by molar-refractivity contribution is 0.196. The van der Waals surface area contributed by atoms with Crippen molar-refractivity contribution in [3.05, 3.63) is 23.6 Å².